The maximum atomic E-state index is 13.0. The van der Waals surface area contributed by atoms with Crippen LogP contribution in [0, 0.1) is 20.8 Å². The fourth-order valence-electron chi connectivity index (χ4n) is 3.44. The maximum absolute atomic E-state index is 13.0. The number of ketones is 1. The van der Waals surface area contributed by atoms with Gasteiger partial charge in [0.1, 0.15) is 5.84 Å². The van der Waals surface area contributed by atoms with Crippen molar-refractivity contribution >= 4 is 23.0 Å². The number of fused-ring (bicyclic) bond motifs is 2. The molecule has 0 amide bonds. The van der Waals surface area contributed by atoms with Crippen LogP contribution in [0.15, 0.2) is 35.5 Å². The molecule has 1 aromatic carbocycles. The van der Waals surface area contributed by atoms with Gasteiger partial charge in [0.2, 0.25) is 5.78 Å². The van der Waals surface area contributed by atoms with Crippen molar-refractivity contribution in [1.29, 1.82) is 0 Å². The Morgan fingerprint density at radius 1 is 1.17 bits per heavy atom. The Balaban J connectivity index is 1.89. The highest BCUT2D eigenvalue weighted by atomic mass is 16.3. The molecule has 5 nitrogen and oxygen atoms in total. The minimum atomic E-state index is -1.54. The van der Waals surface area contributed by atoms with Crippen molar-refractivity contribution in [3.8, 4) is 0 Å². The molecule has 1 aromatic heterocycles. The summed E-state index contributed by atoms with van der Waals surface area (Å²) in [5.74, 6) is 0.174. The third-order valence-electron chi connectivity index (χ3n) is 4.97. The first-order valence-electron chi connectivity index (χ1n) is 8.08. The summed E-state index contributed by atoms with van der Waals surface area (Å²) in [6.07, 6.45) is 2.08. The number of nitrogens with zero attached hydrogens (tertiary/aromatic N) is 3. The molecule has 1 N–H and O–H groups in total. The van der Waals surface area contributed by atoms with Gasteiger partial charge in [-0.25, -0.2) is 4.99 Å². The molecule has 3 heterocycles. The largest absolute Gasteiger partial charge is 0.374 e. The van der Waals surface area contributed by atoms with Gasteiger partial charge in [0.25, 0.3) is 0 Å². The van der Waals surface area contributed by atoms with E-state index in [2.05, 4.69) is 9.98 Å². The zero-order valence-electron chi connectivity index (χ0n) is 14.0. The van der Waals surface area contributed by atoms with Crippen LogP contribution in [0.5, 0.6) is 0 Å². The number of aromatic nitrogens is 1. The highest BCUT2D eigenvalue weighted by Crippen LogP contribution is 2.40. The first-order chi connectivity index (χ1) is 11.4. The van der Waals surface area contributed by atoms with Gasteiger partial charge in [-0.2, -0.15) is 0 Å². The van der Waals surface area contributed by atoms with Gasteiger partial charge < -0.3 is 10.0 Å². The number of amidine groups is 1. The minimum absolute atomic E-state index is 0.251. The highest BCUT2D eigenvalue weighted by Gasteiger charge is 2.52. The van der Waals surface area contributed by atoms with Crippen LogP contribution in [0.1, 0.15) is 33.6 Å². The van der Waals surface area contributed by atoms with Gasteiger partial charge in [0.05, 0.1) is 5.69 Å². The van der Waals surface area contributed by atoms with Gasteiger partial charge >= 0.3 is 0 Å². The lowest BCUT2D eigenvalue weighted by atomic mass is 9.86. The van der Waals surface area contributed by atoms with Crippen LogP contribution < -0.4 is 4.90 Å². The first kappa shape index (κ1) is 15.0. The molecule has 0 radical (unpaired) electrons. The van der Waals surface area contributed by atoms with Gasteiger partial charge in [-0.3, -0.25) is 9.78 Å². The zero-order valence-corrected chi connectivity index (χ0v) is 14.0. The molecule has 1 saturated heterocycles. The Kier molecular flexibility index (Phi) is 3.12. The Morgan fingerprint density at radius 3 is 2.67 bits per heavy atom. The van der Waals surface area contributed by atoms with Crippen molar-refractivity contribution in [3.05, 3.63) is 52.8 Å². The average Bonchev–Trinajstić information content (AvgIpc) is 2.88. The molecule has 0 unspecified atom stereocenters. The molecule has 24 heavy (non-hydrogen) atoms. The van der Waals surface area contributed by atoms with E-state index in [-0.39, 0.29) is 5.78 Å². The van der Waals surface area contributed by atoms with Crippen molar-refractivity contribution in [2.75, 3.05) is 11.4 Å². The second-order valence-corrected chi connectivity index (χ2v) is 6.64. The molecule has 5 heteroatoms. The molecule has 1 fully saturated rings. The second-order valence-electron chi connectivity index (χ2n) is 6.64. The number of aliphatic hydroxyl groups is 1. The number of anilines is 1. The molecule has 2 aromatic rings. The molecule has 2 aliphatic rings. The van der Waals surface area contributed by atoms with E-state index in [1.54, 1.807) is 6.20 Å². The van der Waals surface area contributed by atoms with E-state index in [0.29, 0.717) is 30.1 Å². The van der Waals surface area contributed by atoms with E-state index < -0.39 is 5.60 Å². The summed E-state index contributed by atoms with van der Waals surface area (Å²) in [7, 11) is 0. The predicted octanol–water partition coefficient (Wildman–Crippen LogP) is 2.87. The van der Waals surface area contributed by atoms with Crippen LogP contribution in [0.3, 0.4) is 0 Å². The summed E-state index contributed by atoms with van der Waals surface area (Å²) < 4.78 is 0. The summed E-state index contributed by atoms with van der Waals surface area (Å²) in [5.41, 5.74) is 3.52. The van der Waals surface area contributed by atoms with Crippen molar-refractivity contribution in [2.45, 2.75) is 32.8 Å². The van der Waals surface area contributed by atoms with Gasteiger partial charge in [-0.05, 0) is 56.2 Å². The number of hydrogen-bond acceptors (Lipinski definition) is 5. The number of carbonyl (C=O) groups is 1. The first-order valence-corrected chi connectivity index (χ1v) is 8.08. The van der Waals surface area contributed by atoms with Crippen molar-refractivity contribution < 1.29 is 9.90 Å². The number of benzene rings is 1. The topological polar surface area (TPSA) is 65.8 Å². The van der Waals surface area contributed by atoms with E-state index in [4.69, 9.17) is 0 Å². The Morgan fingerprint density at radius 2 is 1.92 bits per heavy atom. The summed E-state index contributed by atoms with van der Waals surface area (Å²) in [5, 5.41) is 11.0. The number of aryl methyl sites for hydroxylation is 3. The average molecular weight is 321 g/mol. The SMILES string of the molecule is Cc1cc(N2CC[C@@]3(O)C(=O)c4cc(C)c(C)cc4N=C23)ccn1. The van der Waals surface area contributed by atoms with Crippen molar-refractivity contribution in [2.24, 2.45) is 4.99 Å². The fourth-order valence-corrected chi connectivity index (χ4v) is 3.44. The van der Waals surface area contributed by atoms with Crippen LogP contribution in [0.4, 0.5) is 11.4 Å². The number of Topliss-reactive ketones (excluding diaryl/α,β-unsaturated/α-hetero) is 1. The number of rotatable bonds is 1. The van der Waals surface area contributed by atoms with Crippen LogP contribution >= 0.6 is 0 Å². The van der Waals surface area contributed by atoms with Gasteiger partial charge in [0.15, 0.2) is 5.60 Å². The summed E-state index contributed by atoms with van der Waals surface area (Å²) in [6.45, 7) is 6.43. The third kappa shape index (κ3) is 2.01. The number of hydrogen-bond donors (Lipinski definition) is 1. The lowest BCUT2D eigenvalue weighted by molar-refractivity contribution is 0.0602. The third-order valence-corrected chi connectivity index (χ3v) is 4.97. The van der Waals surface area contributed by atoms with Crippen LogP contribution in [-0.4, -0.2) is 33.9 Å². The number of aliphatic imine (C=N–C) groups is 1. The van der Waals surface area contributed by atoms with Crippen molar-refractivity contribution in [1.82, 2.24) is 4.98 Å². The molecule has 2 aliphatic heterocycles. The lowest BCUT2D eigenvalue weighted by Gasteiger charge is -2.30. The van der Waals surface area contributed by atoms with Crippen molar-refractivity contribution in [3.63, 3.8) is 0 Å². The summed E-state index contributed by atoms with van der Waals surface area (Å²) >= 11 is 0. The van der Waals surface area contributed by atoms with E-state index in [1.165, 1.54) is 0 Å². The molecule has 0 bridgehead atoms. The molecule has 4 rings (SSSR count). The van der Waals surface area contributed by atoms with Gasteiger partial charge in [0, 0.05) is 36.1 Å². The highest BCUT2D eigenvalue weighted by molar-refractivity contribution is 6.28. The molecule has 1 atom stereocenters. The summed E-state index contributed by atoms with van der Waals surface area (Å²) in [4.78, 5) is 23.8. The van der Waals surface area contributed by atoms with Crippen LogP contribution in [0.25, 0.3) is 0 Å². The van der Waals surface area contributed by atoms with E-state index in [1.807, 2.05) is 49.9 Å². The molecular weight excluding hydrogens is 302 g/mol. The Labute approximate surface area is 140 Å². The Hall–Kier alpha value is -2.53. The maximum Gasteiger partial charge on any atom is 0.204 e. The normalized spacial score (nSPS) is 22.2. The van der Waals surface area contributed by atoms with Gasteiger partial charge in [-0.15, -0.1) is 0 Å². The predicted molar refractivity (Wildman–Crippen MR) is 93.2 cm³/mol. The second kappa shape index (κ2) is 4.98. The molecule has 0 aliphatic carbocycles. The van der Waals surface area contributed by atoms with Crippen LogP contribution in [0.2, 0.25) is 0 Å². The number of carbonyl (C=O) groups excluding carboxylic acids is 1. The lowest BCUT2D eigenvalue weighted by Crippen LogP contribution is -2.48. The molecule has 0 spiro atoms. The number of pyridine rings is 1. The smallest absolute Gasteiger partial charge is 0.204 e. The molecular formula is C19H19N3O2. The monoisotopic (exact) mass is 321 g/mol. The quantitative estimate of drug-likeness (QED) is 0.877. The van der Waals surface area contributed by atoms with E-state index in [0.717, 1.165) is 22.5 Å². The Bertz CT molecular complexity index is 903. The molecule has 0 saturated carbocycles. The fraction of sp³-hybridized carbons (Fsp3) is 0.316. The minimum Gasteiger partial charge on any atom is -0.374 e. The van der Waals surface area contributed by atoms with Gasteiger partial charge in [-0.1, -0.05) is 0 Å². The van der Waals surface area contributed by atoms with E-state index >= 15 is 0 Å². The standard InChI is InChI=1S/C19H19N3O2/c1-11-8-15-16(9-12(11)2)21-18-19(24,17(15)23)5-7-22(18)14-4-6-20-13(3)10-14/h4,6,8-10,24H,5,7H2,1-3H3/t19-/m1/s1. The summed E-state index contributed by atoms with van der Waals surface area (Å²) in [6, 6.07) is 7.57. The van der Waals surface area contributed by atoms with E-state index in [9.17, 15) is 9.90 Å². The van der Waals surface area contributed by atoms with Crippen LogP contribution in [-0.2, 0) is 0 Å². The zero-order chi connectivity index (χ0) is 17.1. The molecule has 122 valence electrons.